The summed E-state index contributed by atoms with van der Waals surface area (Å²) in [5, 5.41) is 0.182. The molecule has 28 heavy (non-hydrogen) atoms. The monoisotopic (exact) mass is 417 g/mol. The summed E-state index contributed by atoms with van der Waals surface area (Å²) >= 11 is 1.72. The van der Waals surface area contributed by atoms with Crippen LogP contribution in [-0.2, 0) is 21.3 Å². The number of hydrogen-bond acceptors (Lipinski definition) is 6. The summed E-state index contributed by atoms with van der Waals surface area (Å²) < 4.78 is 19.8. The molecule has 3 rings (SSSR count). The summed E-state index contributed by atoms with van der Waals surface area (Å²) in [6.07, 6.45) is 0.863. The van der Waals surface area contributed by atoms with Crippen LogP contribution in [0.2, 0.25) is 0 Å². The number of imidazole rings is 1. The lowest BCUT2D eigenvalue weighted by molar-refractivity contribution is 0.116. The molecular weight excluding hydrogens is 394 g/mol. The fourth-order valence-corrected chi connectivity index (χ4v) is 4.84. The minimum atomic E-state index is -1.56. The van der Waals surface area contributed by atoms with Gasteiger partial charge in [-0.15, -0.1) is 11.8 Å². The first kappa shape index (κ1) is 20.5. The molecule has 0 radical (unpaired) electrons. The van der Waals surface area contributed by atoms with Crippen LogP contribution in [0, 0.1) is 6.92 Å². The molecule has 6 nitrogen and oxygen atoms in total. The van der Waals surface area contributed by atoms with Crippen LogP contribution in [0.5, 0.6) is 0 Å². The normalized spacial score (nSPS) is 12.5. The van der Waals surface area contributed by atoms with Crippen molar-refractivity contribution in [2.75, 3.05) is 5.75 Å². The summed E-state index contributed by atoms with van der Waals surface area (Å²) in [4.78, 5) is 22.6. The first-order valence-corrected chi connectivity index (χ1v) is 11.4. The number of aromatic nitrogens is 3. The lowest BCUT2D eigenvalue weighted by Gasteiger charge is -2.12. The van der Waals surface area contributed by atoms with Crippen molar-refractivity contribution >= 4 is 39.7 Å². The fourth-order valence-electron chi connectivity index (χ4n) is 2.79. The van der Waals surface area contributed by atoms with Crippen LogP contribution >= 0.6 is 11.8 Å². The summed E-state index contributed by atoms with van der Waals surface area (Å²) in [7, 11) is -1.56. The number of carbonyl (C=O) groups is 1. The second kappa shape index (κ2) is 8.87. The molecule has 0 aliphatic heterocycles. The fraction of sp³-hybridized carbons (Fsp3) is 0.350. The zero-order valence-corrected chi connectivity index (χ0v) is 18.0. The predicted molar refractivity (Wildman–Crippen MR) is 112 cm³/mol. The van der Waals surface area contributed by atoms with Crippen molar-refractivity contribution in [3.05, 3.63) is 47.8 Å². The second-order valence-electron chi connectivity index (χ2n) is 6.45. The molecule has 0 aliphatic carbocycles. The number of rotatable bonds is 6. The van der Waals surface area contributed by atoms with Crippen LogP contribution in [0.15, 0.2) is 46.6 Å². The number of pyridine rings is 1. The van der Waals surface area contributed by atoms with Gasteiger partial charge in [-0.2, -0.15) is 0 Å². The van der Waals surface area contributed by atoms with Crippen molar-refractivity contribution in [2.24, 2.45) is 0 Å². The summed E-state index contributed by atoms with van der Waals surface area (Å²) in [6, 6.07) is 9.17. The Kier molecular flexibility index (Phi) is 6.51. The standard InChI is InChI=1S/C20H23N3O3S2/c1-5-27-18-10-11-21-16(14(18)4)12-28(25)19-22-15-8-6-7-9-17(15)23(19)20(24)26-13(2)3/h6-11,13H,5,12H2,1-4H3. The van der Waals surface area contributed by atoms with E-state index in [0.29, 0.717) is 11.0 Å². The maximum atomic E-state index is 13.2. The Hall–Kier alpha value is -2.19. The van der Waals surface area contributed by atoms with E-state index in [0.717, 1.165) is 21.9 Å². The summed E-state index contributed by atoms with van der Waals surface area (Å²) in [6.45, 7) is 7.62. The topological polar surface area (TPSA) is 74.1 Å². The third kappa shape index (κ3) is 4.28. The molecule has 0 N–H and O–H groups in total. The van der Waals surface area contributed by atoms with Gasteiger partial charge in [0.15, 0.2) is 0 Å². The smallest absolute Gasteiger partial charge is 0.420 e. The second-order valence-corrected chi connectivity index (χ2v) is 9.11. The van der Waals surface area contributed by atoms with Gasteiger partial charge in [-0.05, 0) is 50.3 Å². The van der Waals surface area contributed by atoms with Gasteiger partial charge in [-0.3, -0.25) is 9.19 Å². The summed E-state index contributed by atoms with van der Waals surface area (Å²) in [5.74, 6) is 1.13. The predicted octanol–water partition coefficient (Wildman–Crippen LogP) is 4.55. The first-order valence-electron chi connectivity index (χ1n) is 9.06. The molecule has 148 valence electrons. The highest BCUT2D eigenvalue weighted by Gasteiger charge is 2.24. The number of thioether (sulfide) groups is 1. The van der Waals surface area contributed by atoms with Crippen molar-refractivity contribution in [2.45, 2.75) is 49.6 Å². The molecule has 3 aromatic rings. The number of ether oxygens (including phenoxy) is 1. The van der Waals surface area contributed by atoms with E-state index < -0.39 is 16.9 Å². The maximum Gasteiger partial charge on any atom is 0.420 e. The molecule has 2 heterocycles. The van der Waals surface area contributed by atoms with Gasteiger partial charge in [-0.25, -0.2) is 14.3 Å². The highest BCUT2D eigenvalue weighted by Crippen LogP contribution is 2.26. The molecular formula is C20H23N3O3S2. The molecule has 0 bridgehead atoms. The van der Waals surface area contributed by atoms with E-state index in [4.69, 9.17) is 4.74 Å². The van der Waals surface area contributed by atoms with Gasteiger partial charge in [0.1, 0.15) is 0 Å². The Morgan fingerprint density at radius 1 is 1.29 bits per heavy atom. The zero-order valence-electron chi connectivity index (χ0n) is 16.3. The van der Waals surface area contributed by atoms with Gasteiger partial charge < -0.3 is 4.74 Å². The number of para-hydroxylation sites is 2. The van der Waals surface area contributed by atoms with Crippen LogP contribution in [-0.4, -0.2) is 36.7 Å². The average molecular weight is 418 g/mol. The minimum absolute atomic E-state index is 0.182. The SMILES string of the molecule is CCSc1ccnc(CS(=O)c2nc3ccccc3n2C(=O)OC(C)C)c1C. The largest absolute Gasteiger partial charge is 0.446 e. The maximum absolute atomic E-state index is 13.2. The van der Waals surface area contributed by atoms with Crippen molar-refractivity contribution in [3.63, 3.8) is 0 Å². The third-order valence-electron chi connectivity index (χ3n) is 4.08. The molecule has 0 aliphatic rings. The zero-order chi connectivity index (χ0) is 20.3. The molecule has 2 aromatic heterocycles. The quantitative estimate of drug-likeness (QED) is 0.548. The minimum Gasteiger partial charge on any atom is -0.446 e. The molecule has 1 atom stereocenters. The van der Waals surface area contributed by atoms with Crippen LogP contribution in [0.3, 0.4) is 0 Å². The Morgan fingerprint density at radius 3 is 2.75 bits per heavy atom. The van der Waals surface area contributed by atoms with Crippen molar-refractivity contribution in [3.8, 4) is 0 Å². The van der Waals surface area contributed by atoms with E-state index in [1.54, 1.807) is 43.9 Å². The van der Waals surface area contributed by atoms with Crippen LogP contribution < -0.4 is 0 Å². The van der Waals surface area contributed by atoms with Crippen molar-refractivity contribution in [1.29, 1.82) is 0 Å². The number of carbonyl (C=O) groups excluding carboxylic acids is 1. The van der Waals surface area contributed by atoms with Crippen molar-refractivity contribution < 1.29 is 13.7 Å². The number of fused-ring (bicyclic) bond motifs is 1. The van der Waals surface area contributed by atoms with Crippen LogP contribution in [0.4, 0.5) is 4.79 Å². The molecule has 0 spiro atoms. The number of benzene rings is 1. The summed E-state index contributed by atoms with van der Waals surface area (Å²) in [5.41, 5.74) is 2.94. The van der Waals surface area contributed by atoms with Crippen LogP contribution in [0.25, 0.3) is 11.0 Å². The molecule has 8 heteroatoms. The average Bonchev–Trinajstić information content (AvgIpc) is 3.04. The third-order valence-corrected chi connectivity index (χ3v) is 6.34. The Morgan fingerprint density at radius 2 is 2.04 bits per heavy atom. The van der Waals surface area contributed by atoms with E-state index in [1.807, 2.05) is 25.1 Å². The number of nitrogens with zero attached hydrogens (tertiary/aromatic N) is 3. The lowest BCUT2D eigenvalue weighted by Crippen LogP contribution is -2.21. The van der Waals surface area contributed by atoms with Crippen LogP contribution in [0.1, 0.15) is 32.0 Å². The molecule has 0 fully saturated rings. The van der Waals surface area contributed by atoms with E-state index in [-0.39, 0.29) is 17.0 Å². The Labute approximate surface area is 171 Å². The molecule has 1 unspecified atom stereocenters. The highest BCUT2D eigenvalue weighted by atomic mass is 32.2. The molecule has 0 amide bonds. The highest BCUT2D eigenvalue weighted by molar-refractivity contribution is 7.99. The van der Waals surface area contributed by atoms with Crippen molar-refractivity contribution in [1.82, 2.24) is 14.5 Å². The van der Waals surface area contributed by atoms with Gasteiger partial charge in [0.05, 0.1) is 39.4 Å². The molecule has 1 aromatic carbocycles. The Balaban J connectivity index is 2.00. The van der Waals surface area contributed by atoms with Gasteiger partial charge in [-0.1, -0.05) is 19.1 Å². The van der Waals surface area contributed by atoms with Gasteiger partial charge in [0, 0.05) is 11.1 Å². The Bertz CT molecular complexity index is 1030. The first-order chi connectivity index (χ1) is 13.4. The molecule has 0 saturated heterocycles. The van der Waals surface area contributed by atoms with E-state index in [2.05, 4.69) is 16.9 Å². The van der Waals surface area contributed by atoms with E-state index >= 15 is 0 Å². The lowest BCUT2D eigenvalue weighted by atomic mass is 10.2. The van der Waals surface area contributed by atoms with Gasteiger partial charge >= 0.3 is 6.09 Å². The molecule has 0 saturated carbocycles. The van der Waals surface area contributed by atoms with Gasteiger partial charge in [0.2, 0.25) is 5.16 Å². The van der Waals surface area contributed by atoms with Gasteiger partial charge in [0.25, 0.3) is 0 Å². The number of hydrogen-bond donors (Lipinski definition) is 0. The van der Waals surface area contributed by atoms with E-state index in [9.17, 15) is 9.00 Å². The van der Waals surface area contributed by atoms with E-state index in [1.165, 1.54) is 4.57 Å².